The molecule has 0 aromatic heterocycles. The maximum Gasteiger partial charge on any atom is 0.328 e. The van der Waals surface area contributed by atoms with Gasteiger partial charge in [0.2, 0.25) is 0 Å². The van der Waals surface area contributed by atoms with Gasteiger partial charge >= 0.3 is 5.97 Å². The average Bonchev–Trinajstić information content (AvgIpc) is 2.58. The van der Waals surface area contributed by atoms with Crippen LogP contribution in [0.2, 0.25) is 0 Å². The summed E-state index contributed by atoms with van der Waals surface area (Å²) in [6.45, 7) is 5.03. The molecule has 0 unspecified atom stereocenters. The Morgan fingerprint density at radius 2 is 1.91 bits per heavy atom. The summed E-state index contributed by atoms with van der Waals surface area (Å²) in [6, 6.07) is 7.46. The fourth-order valence-corrected chi connectivity index (χ4v) is 2.73. The number of benzene rings is 1. The Bertz CT molecular complexity index is 525. The molecule has 0 aliphatic heterocycles. The molecule has 1 aromatic carbocycles. The van der Waals surface area contributed by atoms with Crippen molar-refractivity contribution >= 4 is 12.0 Å². The number of carboxylic acids is 1. The lowest BCUT2D eigenvalue weighted by molar-refractivity contribution is -0.131. The standard InChI is InChI=1S/C19H24O4/c1-2-13-22-17-10-5-16(6-11-17)14-23-18-8-3-15(4-9-18)7-12-19(20)21/h2-4,7-9,12,16-17H,1,5-6,10-11,13-14H2,(H,20,21)/b12-7+. The number of carboxylic acid groups (broad SMARTS) is 1. The molecule has 4 heteroatoms. The van der Waals surface area contributed by atoms with E-state index in [0.29, 0.717) is 18.6 Å². The molecule has 124 valence electrons. The molecule has 1 aromatic rings. The number of rotatable bonds is 8. The van der Waals surface area contributed by atoms with Crippen LogP contribution in [0.1, 0.15) is 31.2 Å². The fraction of sp³-hybridized carbons (Fsp3) is 0.421. The van der Waals surface area contributed by atoms with Crippen molar-refractivity contribution in [3.05, 3.63) is 48.6 Å². The number of ether oxygens (including phenoxy) is 2. The predicted octanol–water partition coefficient (Wildman–Crippen LogP) is 3.92. The van der Waals surface area contributed by atoms with Gasteiger partial charge in [-0.05, 0) is 55.4 Å². The minimum absolute atomic E-state index is 0.365. The first-order chi connectivity index (χ1) is 11.2. The molecule has 0 atom stereocenters. The van der Waals surface area contributed by atoms with Gasteiger partial charge in [0.15, 0.2) is 0 Å². The molecule has 23 heavy (non-hydrogen) atoms. The van der Waals surface area contributed by atoms with Crippen LogP contribution in [-0.2, 0) is 9.53 Å². The van der Waals surface area contributed by atoms with Crippen LogP contribution in [0, 0.1) is 5.92 Å². The molecule has 0 radical (unpaired) electrons. The topological polar surface area (TPSA) is 55.8 Å². The first kappa shape index (κ1) is 17.3. The van der Waals surface area contributed by atoms with Crippen molar-refractivity contribution in [3.8, 4) is 5.75 Å². The summed E-state index contributed by atoms with van der Waals surface area (Å²) >= 11 is 0. The highest BCUT2D eigenvalue weighted by Crippen LogP contribution is 2.27. The SMILES string of the molecule is C=CCOC1CCC(COc2ccc(/C=C/C(=O)O)cc2)CC1. The van der Waals surface area contributed by atoms with Gasteiger partial charge in [-0.3, -0.25) is 0 Å². The predicted molar refractivity (Wildman–Crippen MR) is 90.5 cm³/mol. The van der Waals surface area contributed by atoms with Crippen LogP contribution in [0.5, 0.6) is 5.75 Å². The molecule has 1 aliphatic carbocycles. The average molecular weight is 316 g/mol. The van der Waals surface area contributed by atoms with Crippen molar-refractivity contribution in [2.75, 3.05) is 13.2 Å². The van der Waals surface area contributed by atoms with Gasteiger partial charge in [-0.25, -0.2) is 4.79 Å². The highest BCUT2D eigenvalue weighted by atomic mass is 16.5. The van der Waals surface area contributed by atoms with Gasteiger partial charge in [0, 0.05) is 6.08 Å². The normalized spacial score (nSPS) is 21.2. The van der Waals surface area contributed by atoms with Crippen LogP contribution in [0.15, 0.2) is 43.0 Å². The maximum atomic E-state index is 10.5. The Balaban J connectivity index is 1.72. The molecule has 2 rings (SSSR count). The lowest BCUT2D eigenvalue weighted by Crippen LogP contribution is -2.25. The molecule has 0 saturated heterocycles. The second-order valence-corrected chi connectivity index (χ2v) is 5.82. The Hall–Kier alpha value is -2.07. The summed E-state index contributed by atoms with van der Waals surface area (Å²) in [7, 11) is 0. The molecule has 1 fully saturated rings. The number of carbonyl (C=O) groups is 1. The van der Waals surface area contributed by atoms with E-state index in [9.17, 15) is 4.79 Å². The Kier molecular flexibility index (Phi) is 6.88. The van der Waals surface area contributed by atoms with Crippen molar-refractivity contribution in [1.29, 1.82) is 0 Å². The van der Waals surface area contributed by atoms with Gasteiger partial charge in [-0.2, -0.15) is 0 Å². The van der Waals surface area contributed by atoms with Crippen LogP contribution in [0.25, 0.3) is 6.08 Å². The molecule has 0 bridgehead atoms. The summed E-state index contributed by atoms with van der Waals surface area (Å²) in [5.41, 5.74) is 0.847. The molecule has 0 spiro atoms. The zero-order valence-electron chi connectivity index (χ0n) is 13.3. The smallest absolute Gasteiger partial charge is 0.328 e. The second kappa shape index (κ2) is 9.16. The van der Waals surface area contributed by atoms with E-state index in [1.165, 1.54) is 0 Å². The van der Waals surface area contributed by atoms with Crippen LogP contribution in [0.3, 0.4) is 0 Å². The number of hydrogen-bond acceptors (Lipinski definition) is 3. The van der Waals surface area contributed by atoms with Gasteiger partial charge in [0.05, 0.1) is 19.3 Å². The van der Waals surface area contributed by atoms with E-state index in [1.807, 2.05) is 24.3 Å². The third kappa shape index (κ3) is 6.28. The van der Waals surface area contributed by atoms with E-state index in [0.717, 1.165) is 49.7 Å². The first-order valence-corrected chi connectivity index (χ1v) is 8.03. The third-order valence-corrected chi connectivity index (χ3v) is 4.03. The summed E-state index contributed by atoms with van der Waals surface area (Å²) in [5.74, 6) is 0.450. The minimum Gasteiger partial charge on any atom is -0.493 e. The minimum atomic E-state index is -0.946. The van der Waals surface area contributed by atoms with E-state index in [-0.39, 0.29) is 0 Å². The van der Waals surface area contributed by atoms with Crippen LogP contribution < -0.4 is 4.74 Å². The zero-order chi connectivity index (χ0) is 16.5. The third-order valence-electron chi connectivity index (χ3n) is 4.03. The van der Waals surface area contributed by atoms with Crippen molar-refractivity contribution in [3.63, 3.8) is 0 Å². The van der Waals surface area contributed by atoms with Gasteiger partial charge in [0.1, 0.15) is 5.75 Å². The van der Waals surface area contributed by atoms with E-state index >= 15 is 0 Å². The Morgan fingerprint density at radius 3 is 2.52 bits per heavy atom. The summed E-state index contributed by atoms with van der Waals surface area (Å²) < 4.78 is 11.5. The number of hydrogen-bond donors (Lipinski definition) is 1. The maximum absolute atomic E-state index is 10.5. The number of aliphatic carboxylic acids is 1. The van der Waals surface area contributed by atoms with E-state index in [2.05, 4.69) is 6.58 Å². The van der Waals surface area contributed by atoms with E-state index < -0.39 is 5.97 Å². The molecule has 0 heterocycles. The Labute approximate surface area is 137 Å². The highest BCUT2D eigenvalue weighted by molar-refractivity contribution is 5.85. The van der Waals surface area contributed by atoms with E-state index in [1.54, 1.807) is 12.2 Å². The van der Waals surface area contributed by atoms with Gasteiger partial charge in [0.25, 0.3) is 0 Å². The summed E-state index contributed by atoms with van der Waals surface area (Å²) in [5, 5.41) is 8.60. The van der Waals surface area contributed by atoms with Crippen molar-refractivity contribution in [2.24, 2.45) is 5.92 Å². The highest BCUT2D eigenvalue weighted by Gasteiger charge is 2.21. The first-order valence-electron chi connectivity index (χ1n) is 8.03. The lowest BCUT2D eigenvalue weighted by Gasteiger charge is -2.28. The molecule has 1 saturated carbocycles. The van der Waals surface area contributed by atoms with Crippen LogP contribution in [0.4, 0.5) is 0 Å². The zero-order valence-corrected chi connectivity index (χ0v) is 13.3. The van der Waals surface area contributed by atoms with Gasteiger partial charge < -0.3 is 14.6 Å². The van der Waals surface area contributed by atoms with Gasteiger partial charge in [-0.15, -0.1) is 6.58 Å². The van der Waals surface area contributed by atoms with Crippen molar-refractivity contribution in [2.45, 2.75) is 31.8 Å². The largest absolute Gasteiger partial charge is 0.493 e. The van der Waals surface area contributed by atoms with Crippen molar-refractivity contribution < 1.29 is 19.4 Å². The molecule has 1 aliphatic rings. The second-order valence-electron chi connectivity index (χ2n) is 5.82. The summed E-state index contributed by atoms with van der Waals surface area (Å²) in [4.78, 5) is 10.5. The van der Waals surface area contributed by atoms with Crippen LogP contribution in [-0.4, -0.2) is 30.4 Å². The lowest BCUT2D eigenvalue weighted by atomic mass is 9.88. The van der Waals surface area contributed by atoms with Crippen LogP contribution >= 0.6 is 0 Å². The fourth-order valence-electron chi connectivity index (χ4n) is 2.73. The van der Waals surface area contributed by atoms with Crippen molar-refractivity contribution in [1.82, 2.24) is 0 Å². The molecule has 1 N–H and O–H groups in total. The monoisotopic (exact) mass is 316 g/mol. The molecule has 0 amide bonds. The summed E-state index contributed by atoms with van der Waals surface area (Å²) in [6.07, 6.45) is 9.28. The molecular weight excluding hydrogens is 292 g/mol. The molecular formula is C19H24O4. The van der Waals surface area contributed by atoms with Gasteiger partial charge in [-0.1, -0.05) is 18.2 Å². The van der Waals surface area contributed by atoms with E-state index in [4.69, 9.17) is 14.6 Å². The molecule has 4 nitrogen and oxygen atoms in total. The quantitative estimate of drug-likeness (QED) is 0.583. The Morgan fingerprint density at radius 1 is 1.22 bits per heavy atom.